The molecule has 0 N–H and O–H groups in total. The number of aryl methyl sites for hydroxylation is 1. The number of hydrogen-bond donors (Lipinski definition) is 0. The van der Waals surface area contributed by atoms with E-state index in [4.69, 9.17) is 17.0 Å². The van der Waals surface area contributed by atoms with E-state index in [0.717, 1.165) is 33.3 Å². The van der Waals surface area contributed by atoms with Crippen LogP contribution in [0, 0.1) is 6.92 Å². The van der Waals surface area contributed by atoms with Crippen molar-refractivity contribution in [3.05, 3.63) is 76.7 Å². The van der Waals surface area contributed by atoms with Crippen molar-refractivity contribution < 1.29 is 9.53 Å². The summed E-state index contributed by atoms with van der Waals surface area (Å²) < 4.78 is 6.08. The molecule has 3 aromatic carbocycles. The average Bonchev–Trinajstić information content (AvgIpc) is 2.96. The third kappa shape index (κ3) is 3.24. The summed E-state index contributed by atoms with van der Waals surface area (Å²) in [6, 6.07) is 19.8. The third-order valence-corrected chi connectivity index (χ3v) is 5.81. The maximum atomic E-state index is 13.0. The minimum absolute atomic E-state index is 0.108. The topological polar surface area (TPSA) is 29.5 Å². The highest BCUT2D eigenvalue weighted by molar-refractivity contribution is 8.27. The molecule has 4 rings (SSSR count). The number of hydrogen-bond acceptors (Lipinski definition) is 4. The first kappa shape index (κ1) is 17.8. The minimum Gasteiger partial charge on any atom is -0.496 e. The molecule has 5 heteroatoms. The molecule has 1 aliphatic heterocycles. The lowest BCUT2D eigenvalue weighted by Gasteiger charge is -2.14. The van der Waals surface area contributed by atoms with Crippen LogP contribution < -0.4 is 9.64 Å². The molecule has 0 bridgehead atoms. The van der Waals surface area contributed by atoms with Crippen LogP contribution in [0.2, 0.25) is 0 Å². The molecule has 0 aromatic heterocycles. The van der Waals surface area contributed by atoms with Crippen molar-refractivity contribution in [2.24, 2.45) is 0 Å². The number of nitrogens with zero attached hydrogens (tertiary/aromatic N) is 1. The van der Waals surface area contributed by atoms with Gasteiger partial charge in [-0.25, -0.2) is 0 Å². The molecule has 3 nitrogen and oxygen atoms in total. The largest absolute Gasteiger partial charge is 0.496 e. The van der Waals surface area contributed by atoms with E-state index in [2.05, 4.69) is 0 Å². The van der Waals surface area contributed by atoms with Gasteiger partial charge in [-0.3, -0.25) is 9.69 Å². The Morgan fingerprint density at radius 3 is 2.52 bits per heavy atom. The zero-order chi connectivity index (χ0) is 19.0. The second-order valence-electron chi connectivity index (χ2n) is 6.26. The molecule has 1 heterocycles. The van der Waals surface area contributed by atoms with E-state index < -0.39 is 0 Å². The van der Waals surface area contributed by atoms with Gasteiger partial charge in [0.25, 0.3) is 5.91 Å². The maximum absolute atomic E-state index is 13.0. The number of thioether (sulfide) groups is 1. The molecule has 0 unspecified atom stereocenters. The minimum atomic E-state index is -0.108. The molecule has 1 saturated heterocycles. The van der Waals surface area contributed by atoms with Crippen LogP contribution >= 0.6 is 24.0 Å². The zero-order valence-corrected chi connectivity index (χ0v) is 16.6. The molecule has 3 aromatic rings. The van der Waals surface area contributed by atoms with Gasteiger partial charge in [-0.15, -0.1) is 0 Å². The van der Waals surface area contributed by atoms with Crippen LogP contribution in [0.15, 0.2) is 65.6 Å². The first-order valence-electron chi connectivity index (χ1n) is 8.49. The van der Waals surface area contributed by atoms with Gasteiger partial charge in [0.2, 0.25) is 0 Å². The Kier molecular flexibility index (Phi) is 4.72. The molecule has 0 saturated carbocycles. The Labute approximate surface area is 167 Å². The average molecular weight is 392 g/mol. The Balaban J connectivity index is 1.79. The highest BCUT2D eigenvalue weighted by atomic mass is 32.2. The first-order chi connectivity index (χ1) is 13.1. The lowest BCUT2D eigenvalue weighted by molar-refractivity contribution is -0.113. The van der Waals surface area contributed by atoms with E-state index >= 15 is 0 Å². The van der Waals surface area contributed by atoms with Crippen LogP contribution in [0.25, 0.3) is 16.8 Å². The SMILES string of the molecule is COc1ccc2ccccc2c1/C=C1\SC(=S)N(c2ccc(C)cc2)C1=O. The number of carbonyl (C=O) groups is 1. The Morgan fingerprint density at radius 1 is 1.04 bits per heavy atom. The normalized spacial score (nSPS) is 15.8. The van der Waals surface area contributed by atoms with Crippen LogP contribution in [0.1, 0.15) is 11.1 Å². The fourth-order valence-electron chi connectivity index (χ4n) is 3.12. The third-order valence-electron chi connectivity index (χ3n) is 4.51. The highest BCUT2D eigenvalue weighted by Crippen LogP contribution is 2.38. The van der Waals surface area contributed by atoms with Gasteiger partial charge in [-0.1, -0.05) is 72.0 Å². The van der Waals surface area contributed by atoms with E-state index in [1.54, 1.807) is 12.0 Å². The van der Waals surface area contributed by atoms with Gasteiger partial charge in [0.15, 0.2) is 4.32 Å². The maximum Gasteiger partial charge on any atom is 0.270 e. The van der Waals surface area contributed by atoms with Crippen LogP contribution in [-0.4, -0.2) is 17.3 Å². The highest BCUT2D eigenvalue weighted by Gasteiger charge is 2.33. The van der Waals surface area contributed by atoms with E-state index in [-0.39, 0.29) is 5.91 Å². The summed E-state index contributed by atoms with van der Waals surface area (Å²) in [5.74, 6) is 0.623. The smallest absolute Gasteiger partial charge is 0.270 e. The van der Waals surface area contributed by atoms with Crippen LogP contribution in [0.4, 0.5) is 5.69 Å². The van der Waals surface area contributed by atoms with Gasteiger partial charge in [0, 0.05) is 5.56 Å². The molecule has 27 heavy (non-hydrogen) atoms. The molecule has 0 radical (unpaired) electrons. The molecular weight excluding hydrogens is 374 g/mol. The van der Waals surface area contributed by atoms with Crippen molar-refractivity contribution in [2.45, 2.75) is 6.92 Å². The summed E-state index contributed by atoms with van der Waals surface area (Å²) in [7, 11) is 1.64. The second-order valence-corrected chi connectivity index (χ2v) is 7.93. The summed E-state index contributed by atoms with van der Waals surface area (Å²) in [6.45, 7) is 2.01. The standard InChI is InChI=1S/C22H17NO2S2/c1-14-7-10-16(11-8-14)23-21(24)20(27-22(23)26)13-18-17-6-4-3-5-15(17)9-12-19(18)25-2/h3-13H,1-2H3/b20-13-. The summed E-state index contributed by atoms with van der Waals surface area (Å²) in [5, 5.41) is 2.14. The molecule has 0 spiro atoms. The number of amides is 1. The molecule has 1 fully saturated rings. The fourth-order valence-corrected chi connectivity index (χ4v) is 4.40. The molecule has 1 aliphatic rings. The molecule has 0 aliphatic carbocycles. The fraction of sp³-hybridized carbons (Fsp3) is 0.0909. The molecule has 1 amide bonds. The van der Waals surface area contributed by atoms with Crippen molar-refractivity contribution >= 4 is 56.7 Å². The Bertz CT molecular complexity index is 1090. The van der Waals surface area contributed by atoms with Crippen molar-refractivity contribution in [1.29, 1.82) is 0 Å². The van der Waals surface area contributed by atoms with Gasteiger partial charge in [0.1, 0.15) is 5.75 Å². The van der Waals surface area contributed by atoms with Crippen molar-refractivity contribution in [2.75, 3.05) is 12.0 Å². The van der Waals surface area contributed by atoms with Crippen molar-refractivity contribution in [3.63, 3.8) is 0 Å². The summed E-state index contributed by atoms with van der Waals surface area (Å²) in [5.41, 5.74) is 2.82. The molecule has 134 valence electrons. The summed E-state index contributed by atoms with van der Waals surface area (Å²) in [4.78, 5) is 15.2. The number of ether oxygens (including phenoxy) is 1. The lowest BCUT2D eigenvalue weighted by atomic mass is 10.0. The Hall–Kier alpha value is -2.63. The summed E-state index contributed by atoms with van der Waals surface area (Å²) >= 11 is 6.80. The van der Waals surface area contributed by atoms with Gasteiger partial charge in [-0.2, -0.15) is 0 Å². The van der Waals surface area contributed by atoms with Gasteiger partial charge in [-0.05, 0) is 42.0 Å². The number of benzene rings is 3. The predicted octanol–water partition coefficient (Wildman–Crippen LogP) is 5.56. The molecule has 0 atom stereocenters. The van der Waals surface area contributed by atoms with Crippen molar-refractivity contribution in [1.82, 2.24) is 0 Å². The van der Waals surface area contributed by atoms with Gasteiger partial charge in [0.05, 0.1) is 17.7 Å². The van der Waals surface area contributed by atoms with Crippen LogP contribution in [0.5, 0.6) is 5.75 Å². The monoisotopic (exact) mass is 391 g/mol. The number of anilines is 1. The second kappa shape index (κ2) is 7.18. The number of methoxy groups -OCH3 is 1. The number of rotatable bonds is 3. The predicted molar refractivity (Wildman–Crippen MR) is 117 cm³/mol. The van der Waals surface area contributed by atoms with E-state index in [1.165, 1.54) is 11.8 Å². The number of thiocarbonyl (C=S) groups is 1. The van der Waals surface area contributed by atoms with Crippen LogP contribution in [-0.2, 0) is 4.79 Å². The quantitative estimate of drug-likeness (QED) is 0.432. The number of carbonyl (C=O) groups excluding carboxylic acids is 1. The van der Waals surface area contributed by atoms with E-state index in [9.17, 15) is 4.79 Å². The van der Waals surface area contributed by atoms with Gasteiger partial charge < -0.3 is 4.74 Å². The zero-order valence-electron chi connectivity index (χ0n) is 14.9. The van der Waals surface area contributed by atoms with E-state index in [0.29, 0.717) is 9.23 Å². The number of fused-ring (bicyclic) bond motifs is 1. The van der Waals surface area contributed by atoms with Gasteiger partial charge >= 0.3 is 0 Å². The Morgan fingerprint density at radius 2 is 1.78 bits per heavy atom. The lowest BCUT2D eigenvalue weighted by Crippen LogP contribution is -2.27. The van der Waals surface area contributed by atoms with E-state index in [1.807, 2.05) is 73.7 Å². The van der Waals surface area contributed by atoms with Crippen molar-refractivity contribution in [3.8, 4) is 5.75 Å². The molecular formula is C22H17NO2S2. The first-order valence-corrected chi connectivity index (χ1v) is 9.71. The summed E-state index contributed by atoms with van der Waals surface area (Å²) in [6.07, 6.45) is 1.88. The van der Waals surface area contributed by atoms with Crippen LogP contribution in [0.3, 0.4) is 0 Å².